The summed E-state index contributed by atoms with van der Waals surface area (Å²) >= 11 is 0. The van der Waals surface area contributed by atoms with Crippen molar-refractivity contribution in [3.05, 3.63) is 65.5 Å². The van der Waals surface area contributed by atoms with Crippen LogP contribution in [0.2, 0.25) is 0 Å². The molecule has 0 aliphatic rings. The van der Waals surface area contributed by atoms with Crippen LogP contribution in [-0.4, -0.2) is 50.5 Å². The average Bonchev–Trinajstić information content (AvgIpc) is 2.73. The smallest absolute Gasteiger partial charge is 0.244 e. The topological polar surface area (TPSA) is 86.8 Å². The van der Waals surface area contributed by atoms with Gasteiger partial charge < -0.3 is 10.2 Å². The van der Waals surface area contributed by atoms with E-state index in [0.29, 0.717) is 24.2 Å². The van der Waals surface area contributed by atoms with E-state index in [9.17, 15) is 22.4 Å². The van der Waals surface area contributed by atoms with Crippen molar-refractivity contribution in [2.45, 2.75) is 39.8 Å². The van der Waals surface area contributed by atoms with Gasteiger partial charge in [0.05, 0.1) is 11.9 Å². The van der Waals surface area contributed by atoms with Crippen molar-refractivity contribution < 1.29 is 22.4 Å². The van der Waals surface area contributed by atoms with Crippen LogP contribution in [0.3, 0.4) is 0 Å². The first-order chi connectivity index (χ1) is 15.1. The molecule has 2 rings (SSSR count). The zero-order valence-corrected chi connectivity index (χ0v) is 19.7. The van der Waals surface area contributed by atoms with E-state index in [4.69, 9.17) is 0 Å². The Morgan fingerprint density at radius 2 is 1.62 bits per heavy atom. The third-order valence-corrected chi connectivity index (χ3v) is 6.14. The molecule has 2 amide bonds. The zero-order chi connectivity index (χ0) is 23.9. The molecule has 1 atom stereocenters. The van der Waals surface area contributed by atoms with Crippen LogP contribution in [0, 0.1) is 12.7 Å². The van der Waals surface area contributed by atoms with E-state index in [1.54, 1.807) is 38.1 Å². The fraction of sp³-hybridized carbons (Fsp3) is 0.391. The molecule has 9 heteroatoms. The number of benzene rings is 2. The standard InChI is InChI=1S/C23H30FN3O4S/c1-5-21(23(29)25-6-2)26(15-18-9-11-19(24)12-10-18)22(28)16-27(32(4,30)31)20-13-7-17(3)8-14-20/h7-14,21H,5-6,15-16H2,1-4H3,(H,25,29). The minimum Gasteiger partial charge on any atom is -0.355 e. The lowest BCUT2D eigenvalue weighted by molar-refractivity contribution is -0.140. The highest BCUT2D eigenvalue weighted by molar-refractivity contribution is 7.92. The number of halogens is 1. The summed E-state index contributed by atoms with van der Waals surface area (Å²) in [6.07, 6.45) is 1.37. The van der Waals surface area contributed by atoms with Crippen LogP contribution in [0.1, 0.15) is 31.4 Å². The Morgan fingerprint density at radius 1 is 1.03 bits per heavy atom. The Balaban J connectivity index is 2.40. The van der Waals surface area contributed by atoms with Crippen LogP contribution in [0.4, 0.5) is 10.1 Å². The zero-order valence-electron chi connectivity index (χ0n) is 18.8. The molecule has 1 N–H and O–H groups in total. The highest BCUT2D eigenvalue weighted by Crippen LogP contribution is 2.20. The van der Waals surface area contributed by atoms with Crippen LogP contribution in [0.25, 0.3) is 0 Å². The summed E-state index contributed by atoms with van der Waals surface area (Å²) in [5.41, 5.74) is 1.94. The number of anilines is 1. The molecule has 0 fully saturated rings. The summed E-state index contributed by atoms with van der Waals surface area (Å²) in [7, 11) is -3.77. The molecular weight excluding hydrogens is 433 g/mol. The van der Waals surface area contributed by atoms with E-state index in [1.807, 2.05) is 6.92 Å². The minimum absolute atomic E-state index is 0.0419. The number of nitrogens with zero attached hydrogens (tertiary/aromatic N) is 2. The summed E-state index contributed by atoms with van der Waals surface area (Å²) in [5.74, 6) is -1.27. The van der Waals surface area contributed by atoms with E-state index in [1.165, 1.54) is 29.2 Å². The number of sulfonamides is 1. The first-order valence-electron chi connectivity index (χ1n) is 10.4. The highest BCUT2D eigenvalue weighted by Gasteiger charge is 2.31. The Labute approximate surface area is 189 Å². The number of likely N-dealkylation sites (N-methyl/N-ethyl adjacent to an activating group) is 1. The minimum atomic E-state index is -3.77. The van der Waals surface area contributed by atoms with Crippen molar-refractivity contribution >= 4 is 27.5 Å². The Bertz CT molecular complexity index is 1020. The molecule has 7 nitrogen and oxygen atoms in total. The van der Waals surface area contributed by atoms with E-state index in [0.717, 1.165) is 16.1 Å². The lowest BCUT2D eigenvalue weighted by Crippen LogP contribution is -2.52. The Hall–Kier alpha value is -2.94. The molecule has 0 saturated carbocycles. The average molecular weight is 464 g/mol. The second kappa shape index (κ2) is 11.1. The molecule has 174 valence electrons. The molecule has 2 aromatic carbocycles. The summed E-state index contributed by atoms with van der Waals surface area (Å²) in [6, 6.07) is 11.6. The molecule has 0 aliphatic heterocycles. The molecule has 0 spiro atoms. The Morgan fingerprint density at radius 3 is 2.12 bits per heavy atom. The maximum Gasteiger partial charge on any atom is 0.244 e. The van der Waals surface area contributed by atoms with Gasteiger partial charge in [-0.25, -0.2) is 12.8 Å². The van der Waals surface area contributed by atoms with Crippen molar-refractivity contribution in [2.75, 3.05) is 23.7 Å². The Kier molecular flexibility index (Phi) is 8.77. The number of hydrogen-bond acceptors (Lipinski definition) is 4. The summed E-state index contributed by atoms with van der Waals surface area (Å²) < 4.78 is 39.3. The van der Waals surface area contributed by atoms with Gasteiger partial charge in [-0.05, 0) is 50.1 Å². The van der Waals surface area contributed by atoms with Crippen molar-refractivity contribution in [1.29, 1.82) is 0 Å². The third-order valence-electron chi connectivity index (χ3n) is 5.00. The van der Waals surface area contributed by atoms with Crippen LogP contribution in [0.5, 0.6) is 0 Å². The summed E-state index contributed by atoms with van der Waals surface area (Å²) in [4.78, 5) is 27.4. The second-order valence-corrected chi connectivity index (χ2v) is 9.48. The van der Waals surface area contributed by atoms with E-state index in [-0.39, 0.29) is 12.5 Å². The lowest BCUT2D eigenvalue weighted by Gasteiger charge is -2.32. The number of aryl methyl sites for hydroxylation is 1. The number of carbonyl (C=O) groups excluding carboxylic acids is 2. The SMILES string of the molecule is CCNC(=O)C(CC)N(Cc1ccc(F)cc1)C(=O)CN(c1ccc(C)cc1)S(C)(=O)=O. The number of carbonyl (C=O) groups is 2. The predicted molar refractivity (Wildman–Crippen MR) is 123 cm³/mol. The van der Waals surface area contributed by atoms with Crippen molar-refractivity contribution in [2.24, 2.45) is 0 Å². The van der Waals surface area contributed by atoms with Crippen molar-refractivity contribution in [3.63, 3.8) is 0 Å². The molecule has 0 aromatic heterocycles. The predicted octanol–water partition coefficient (Wildman–Crippen LogP) is 2.84. The normalized spacial score (nSPS) is 12.2. The fourth-order valence-electron chi connectivity index (χ4n) is 3.32. The van der Waals surface area contributed by atoms with Crippen molar-refractivity contribution in [1.82, 2.24) is 10.2 Å². The van der Waals surface area contributed by atoms with E-state index in [2.05, 4.69) is 5.32 Å². The highest BCUT2D eigenvalue weighted by atomic mass is 32.2. The molecule has 0 bridgehead atoms. The largest absolute Gasteiger partial charge is 0.355 e. The van der Waals surface area contributed by atoms with Crippen LogP contribution in [0.15, 0.2) is 48.5 Å². The van der Waals surface area contributed by atoms with E-state index < -0.39 is 34.3 Å². The van der Waals surface area contributed by atoms with Crippen LogP contribution < -0.4 is 9.62 Å². The molecule has 2 aromatic rings. The maximum absolute atomic E-state index is 13.4. The van der Waals surface area contributed by atoms with Gasteiger partial charge in [0.15, 0.2) is 0 Å². The number of nitrogens with one attached hydrogen (secondary N) is 1. The molecule has 0 aliphatic carbocycles. The number of rotatable bonds is 10. The van der Waals surface area contributed by atoms with Gasteiger partial charge in [-0.3, -0.25) is 13.9 Å². The molecule has 1 unspecified atom stereocenters. The molecule has 0 heterocycles. The summed E-state index contributed by atoms with van der Waals surface area (Å²) in [6.45, 7) is 5.41. The van der Waals surface area contributed by atoms with Gasteiger partial charge in [-0.1, -0.05) is 36.8 Å². The van der Waals surface area contributed by atoms with E-state index >= 15 is 0 Å². The monoisotopic (exact) mass is 463 g/mol. The second-order valence-electron chi connectivity index (χ2n) is 7.57. The molecule has 0 radical (unpaired) electrons. The summed E-state index contributed by atoms with van der Waals surface area (Å²) in [5, 5.41) is 2.72. The lowest BCUT2D eigenvalue weighted by atomic mass is 10.1. The third kappa shape index (κ3) is 6.78. The van der Waals surface area contributed by atoms with Gasteiger partial charge in [-0.2, -0.15) is 0 Å². The molecular formula is C23H30FN3O4S. The van der Waals surface area contributed by atoms with Gasteiger partial charge in [0.2, 0.25) is 21.8 Å². The maximum atomic E-state index is 13.4. The quantitative estimate of drug-likeness (QED) is 0.587. The number of hydrogen-bond donors (Lipinski definition) is 1. The first kappa shape index (κ1) is 25.3. The number of amides is 2. The van der Waals surface area contributed by atoms with Gasteiger partial charge in [0.1, 0.15) is 18.4 Å². The van der Waals surface area contributed by atoms with Gasteiger partial charge >= 0.3 is 0 Å². The van der Waals surface area contributed by atoms with Crippen molar-refractivity contribution in [3.8, 4) is 0 Å². The van der Waals surface area contributed by atoms with Gasteiger partial charge in [0.25, 0.3) is 0 Å². The molecule has 0 saturated heterocycles. The fourth-order valence-corrected chi connectivity index (χ4v) is 4.17. The van der Waals surface area contributed by atoms with Gasteiger partial charge in [-0.15, -0.1) is 0 Å². The first-order valence-corrected chi connectivity index (χ1v) is 12.3. The van der Waals surface area contributed by atoms with Gasteiger partial charge in [0, 0.05) is 13.1 Å². The van der Waals surface area contributed by atoms with Crippen LogP contribution >= 0.6 is 0 Å². The molecule has 32 heavy (non-hydrogen) atoms. The van der Waals surface area contributed by atoms with Crippen LogP contribution in [-0.2, 0) is 26.2 Å².